The fraction of sp³-hybridized carbons (Fsp3) is 0.263. The average Bonchev–Trinajstić information content (AvgIpc) is 2.97. The van der Waals surface area contributed by atoms with E-state index in [1.165, 1.54) is 27.8 Å². The van der Waals surface area contributed by atoms with Gasteiger partial charge in [-0.2, -0.15) is 0 Å². The van der Waals surface area contributed by atoms with Gasteiger partial charge in [0.2, 0.25) is 0 Å². The number of aromatic nitrogens is 1. The Morgan fingerprint density at radius 2 is 1.96 bits per heavy atom. The summed E-state index contributed by atoms with van der Waals surface area (Å²) in [6.07, 6.45) is 1.99. The van der Waals surface area contributed by atoms with E-state index in [2.05, 4.69) is 58.2 Å². The lowest BCUT2D eigenvalue weighted by Crippen LogP contribution is -2.26. The normalized spacial score (nSPS) is 15.5. The van der Waals surface area contributed by atoms with Gasteiger partial charge in [-0.3, -0.25) is 0 Å². The number of aromatic amines is 1. The first-order valence-electron chi connectivity index (χ1n) is 7.95. The fourth-order valence-electron chi connectivity index (χ4n) is 3.32. The van der Waals surface area contributed by atoms with Crippen LogP contribution in [0.5, 0.6) is 5.75 Å². The Morgan fingerprint density at radius 3 is 2.83 bits per heavy atom. The van der Waals surface area contributed by atoms with Gasteiger partial charge in [0.1, 0.15) is 5.75 Å². The zero-order chi connectivity index (χ0) is 15.8. The predicted molar refractivity (Wildman–Crippen MR) is 94.6 cm³/mol. The Hall–Kier alpha value is -2.46. The molecule has 4 nitrogen and oxygen atoms in total. The standard InChI is InChI=1S/C19H21N3O/c1-21-9-10-22(16-3-5-18-14(11-16)7-8-20-18)19-6-4-17(23-2)12-15(19)13-21/h3-8,11-12,20H,9-10,13H2,1-2H3. The van der Waals surface area contributed by atoms with Gasteiger partial charge < -0.3 is 19.5 Å². The highest BCUT2D eigenvalue weighted by molar-refractivity contribution is 5.85. The second-order valence-corrected chi connectivity index (χ2v) is 6.13. The van der Waals surface area contributed by atoms with E-state index in [9.17, 15) is 0 Å². The molecule has 0 saturated heterocycles. The molecule has 1 aromatic heterocycles. The maximum Gasteiger partial charge on any atom is 0.119 e. The quantitative estimate of drug-likeness (QED) is 0.782. The summed E-state index contributed by atoms with van der Waals surface area (Å²) in [5, 5.41) is 1.25. The lowest BCUT2D eigenvalue weighted by Gasteiger charge is -2.25. The highest BCUT2D eigenvalue weighted by Gasteiger charge is 2.20. The van der Waals surface area contributed by atoms with Crippen LogP contribution in [0.3, 0.4) is 0 Å². The first-order chi connectivity index (χ1) is 11.2. The Balaban J connectivity index is 1.81. The van der Waals surface area contributed by atoms with E-state index in [1.807, 2.05) is 12.3 Å². The number of benzene rings is 2. The third-order valence-electron chi connectivity index (χ3n) is 4.57. The molecule has 0 amide bonds. The summed E-state index contributed by atoms with van der Waals surface area (Å²) < 4.78 is 5.40. The number of fused-ring (bicyclic) bond motifs is 2. The number of ether oxygens (including phenoxy) is 1. The van der Waals surface area contributed by atoms with Gasteiger partial charge in [0, 0.05) is 48.1 Å². The van der Waals surface area contributed by atoms with Gasteiger partial charge in [-0.05, 0) is 55.1 Å². The van der Waals surface area contributed by atoms with E-state index in [4.69, 9.17) is 4.74 Å². The minimum Gasteiger partial charge on any atom is -0.497 e. The summed E-state index contributed by atoms with van der Waals surface area (Å²) in [5.41, 5.74) is 4.98. The molecule has 2 heterocycles. The van der Waals surface area contributed by atoms with Crippen LogP contribution in [0.1, 0.15) is 5.56 Å². The first kappa shape index (κ1) is 14.2. The highest BCUT2D eigenvalue weighted by atomic mass is 16.5. The molecule has 1 N–H and O–H groups in total. The van der Waals surface area contributed by atoms with Crippen LogP contribution in [0, 0.1) is 0 Å². The van der Waals surface area contributed by atoms with Crippen molar-refractivity contribution in [1.29, 1.82) is 0 Å². The molecule has 0 unspecified atom stereocenters. The van der Waals surface area contributed by atoms with Crippen molar-refractivity contribution in [3.05, 3.63) is 54.2 Å². The summed E-state index contributed by atoms with van der Waals surface area (Å²) in [5.74, 6) is 0.917. The molecular weight excluding hydrogens is 286 g/mol. The summed E-state index contributed by atoms with van der Waals surface area (Å²) in [6, 6.07) is 15.1. The zero-order valence-corrected chi connectivity index (χ0v) is 13.5. The molecule has 23 heavy (non-hydrogen) atoms. The third kappa shape index (κ3) is 2.55. The van der Waals surface area contributed by atoms with Gasteiger partial charge in [0.15, 0.2) is 0 Å². The molecular formula is C19H21N3O. The number of methoxy groups -OCH3 is 1. The Labute approximate surface area is 136 Å². The van der Waals surface area contributed by atoms with Crippen molar-refractivity contribution in [2.45, 2.75) is 6.54 Å². The summed E-state index contributed by atoms with van der Waals surface area (Å²) in [7, 11) is 3.89. The van der Waals surface area contributed by atoms with Crippen LogP contribution in [0.25, 0.3) is 10.9 Å². The number of nitrogens with one attached hydrogen (secondary N) is 1. The van der Waals surface area contributed by atoms with Gasteiger partial charge in [0.25, 0.3) is 0 Å². The molecule has 4 rings (SSSR count). The van der Waals surface area contributed by atoms with Gasteiger partial charge in [-0.1, -0.05) is 0 Å². The van der Waals surface area contributed by atoms with Gasteiger partial charge >= 0.3 is 0 Å². The second-order valence-electron chi connectivity index (χ2n) is 6.13. The van der Waals surface area contributed by atoms with Crippen molar-refractivity contribution in [1.82, 2.24) is 9.88 Å². The molecule has 3 aromatic rings. The molecule has 0 radical (unpaired) electrons. The third-order valence-corrected chi connectivity index (χ3v) is 4.57. The molecule has 0 bridgehead atoms. The number of H-pyrrole nitrogens is 1. The van der Waals surface area contributed by atoms with Crippen LogP contribution in [-0.2, 0) is 6.54 Å². The van der Waals surface area contributed by atoms with E-state index in [0.717, 1.165) is 25.4 Å². The molecule has 0 aliphatic carbocycles. The maximum absolute atomic E-state index is 5.40. The van der Waals surface area contributed by atoms with Gasteiger partial charge in [-0.15, -0.1) is 0 Å². The smallest absolute Gasteiger partial charge is 0.119 e. The number of likely N-dealkylation sites (N-methyl/N-ethyl adjacent to an activating group) is 1. The summed E-state index contributed by atoms with van der Waals surface area (Å²) in [4.78, 5) is 8.02. The number of anilines is 2. The van der Waals surface area contributed by atoms with Crippen LogP contribution in [0.15, 0.2) is 48.7 Å². The zero-order valence-electron chi connectivity index (χ0n) is 13.5. The Morgan fingerprint density at radius 1 is 1.04 bits per heavy atom. The van der Waals surface area contributed by atoms with Crippen LogP contribution in [0.2, 0.25) is 0 Å². The minimum absolute atomic E-state index is 0.917. The number of hydrogen-bond donors (Lipinski definition) is 1. The summed E-state index contributed by atoms with van der Waals surface area (Å²) in [6.45, 7) is 2.95. The van der Waals surface area contributed by atoms with Crippen LogP contribution in [0.4, 0.5) is 11.4 Å². The topological polar surface area (TPSA) is 31.5 Å². The van der Waals surface area contributed by atoms with Crippen molar-refractivity contribution >= 4 is 22.3 Å². The monoisotopic (exact) mass is 307 g/mol. The highest BCUT2D eigenvalue weighted by Crippen LogP contribution is 2.34. The van der Waals surface area contributed by atoms with Crippen LogP contribution < -0.4 is 9.64 Å². The predicted octanol–water partition coefficient (Wildman–Crippen LogP) is 3.76. The van der Waals surface area contributed by atoms with Gasteiger partial charge in [0.05, 0.1) is 7.11 Å². The molecule has 1 aliphatic rings. The molecule has 0 saturated carbocycles. The van der Waals surface area contributed by atoms with E-state index in [-0.39, 0.29) is 0 Å². The number of rotatable bonds is 2. The summed E-state index contributed by atoms with van der Waals surface area (Å²) >= 11 is 0. The SMILES string of the molecule is COc1ccc2c(c1)CN(C)CCN2c1ccc2[nH]ccc2c1. The van der Waals surface area contributed by atoms with E-state index < -0.39 is 0 Å². The largest absolute Gasteiger partial charge is 0.497 e. The van der Waals surface area contributed by atoms with E-state index in [0.29, 0.717) is 0 Å². The van der Waals surface area contributed by atoms with E-state index in [1.54, 1.807) is 7.11 Å². The van der Waals surface area contributed by atoms with Crippen LogP contribution >= 0.6 is 0 Å². The van der Waals surface area contributed by atoms with Crippen LogP contribution in [-0.4, -0.2) is 37.1 Å². The lowest BCUT2D eigenvalue weighted by atomic mass is 10.1. The lowest BCUT2D eigenvalue weighted by molar-refractivity contribution is 0.342. The molecule has 118 valence electrons. The molecule has 4 heteroatoms. The molecule has 0 fully saturated rings. The average molecular weight is 307 g/mol. The minimum atomic E-state index is 0.917. The molecule has 2 aromatic carbocycles. The fourth-order valence-corrected chi connectivity index (χ4v) is 3.32. The number of nitrogens with zero attached hydrogens (tertiary/aromatic N) is 2. The van der Waals surface area contributed by atoms with Crippen molar-refractivity contribution in [2.75, 3.05) is 32.1 Å². The maximum atomic E-state index is 5.40. The van der Waals surface area contributed by atoms with Gasteiger partial charge in [-0.25, -0.2) is 0 Å². The Bertz CT molecular complexity index is 840. The van der Waals surface area contributed by atoms with E-state index >= 15 is 0 Å². The molecule has 1 aliphatic heterocycles. The molecule has 0 atom stereocenters. The molecule has 0 spiro atoms. The Kier molecular flexibility index (Phi) is 3.46. The van der Waals surface area contributed by atoms with Crippen molar-refractivity contribution in [2.24, 2.45) is 0 Å². The number of hydrogen-bond acceptors (Lipinski definition) is 3. The van der Waals surface area contributed by atoms with Crippen molar-refractivity contribution in [3.63, 3.8) is 0 Å². The second kappa shape index (κ2) is 5.63. The van der Waals surface area contributed by atoms with Crippen molar-refractivity contribution in [3.8, 4) is 5.75 Å². The first-order valence-corrected chi connectivity index (χ1v) is 7.95. The van der Waals surface area contributed by atoms with Crippen molar-refractivity contribution < 1.29 is 4.74 Å².